The molecule has 0 radical (unpaired) electrons. The number of nitrogens with one attached hydrogen (secondary N) is 1. The molecule has 8 nitrogen and oxygen atoms in total. The second kappa shape index (κ2) is 8.07. The largest absolute Gasteiger partial charge is 0.346 e. The summed E-state index contributed by atoms with van der Waals surface area (Å²) in [5.41, 5.74) is 2.23. The van der Waals surface area contributed by atoms with Crippen molar-refractivity contribution in [3.05, 3.63) is 41.7 Å². The van der Waals surface area contributed by atoms with Crippen LogP contribution in [0.1, 0.15) is 54.4 Å². The molecule has 3 rings (SSSR count). The molecule has 2 amide bonds. The molecule has 1 saturated heterocycles. The van der Waals surface area contributed by atoms with Crippen molar-refractivity contribution in [2.45, 2.75) is 45.7 Å². The normalized spacial score (nSPS) is 15.1. The summed E-state index contributed by atoms with van der Waals surface area (Å²) in [6, 6.07) is 0. The number of hydrogen-bond donors (Lipinski definition) is 1. The topological polar surface area (TPSA) is 93.0 Å². The number of nitrogens with zero attached hydrogens (tertiary/aromatic N) is 5. The maximum Gasteiger partial charge on any atom is 0.254 e. The van der Waals surface area contributed by atoms with E-state index in [-0.39, 0.29) is 17.7 Å². The van der Waals surface area contributed by atoms with Gasteiger partial charge in [0.25, 0.3) is 5.91 Å². The van der Waals surface area contributed by atoms with E-state index in [1.54, 1.807) is 36.4 Å². The van der Waals surface area contributed by atoms with Crippen molar-refractivity contribution in [3.8, 4) is 0 Å². The first-order chi connectivity index (χ1) is 12.6. The van der Waals surface area contributed by atoms with Crippen molar-refractivity contribution >= 4 is 11.8 Å². The van der Waals surface area contributed by atoms with Gasteiger partial charge in [-0.15, -0.1) is 0 Å². The van der Waals surface area contributed by atoms with Crippen LogP contribution in [0.25, 0.3) is 0 Å². The van der Waals surface area contributed by atoms with Gasteiger partial charge < -0.3 is 10.2 Å². The van der Waals surface area contributed by atoms with Crippen LogP contribution in [0.2, 0.25) is 0 Å². The van der Waals surface area contributed by atoms with Crippen LogP contribution in [0.5, 0.6) is 0 Å². The SMILES string of the molecule is CCn1cc(C(=O)NCc2nccnc2C2CCN(C(C)=O)CC2)cn1. The first kappa shape index (κ1) is 18.0. The van der Waals surface area contributed by atoms with Crippen molar-refractivity contribution in [3.63, 3.8) is 0 Å². The summed E-state index contributed by atoms with van der Waals surface area (Å²) in [5.74, 6) is 0.199. The molecule has 8 heteroatoms. The average Bonchev–Trinajstić information content (AvgIpc) is 3.16. The van der Waals surface area contributed by atoms with Crippen molar-refractivity contribution in [1.82, 2.24) is 30.0 Å². The summed E-state index contributed by atoms with van der Waals surface area (Å²) in [6.45, 7) is 6.09. The summed E-state index contributed by atoms with van der Waals surface area (Å²) >= 11 is 0. The predicted octanol–water partition coefficient (Wildman–Crippen LogP) is 1.35. The molecule has 1 aliphatic heterocycles. The van der Waals surface area contributed by atoms with Gasteiger partial charge in [-0.25, -0.2) is 0 Å². The number of carbonyl (C=O) groups is 2. The molecule has 0 atom stereocenters. The minimum Gasteiger partial charge on any atom is -0.346 e. The Labute approximate surface area is 152 Å². The molecule has 0 saturated carbocycles. The van der Waals surface area contributed by atoms with Crippen LogP contribution in [0.4, 0.5) is 0 Å². The molecule has 0 unspecified atom stereocenters. The number of hydrogen-bond acceptors (Lipinski definition) is 5. The van der Waals surface area contributed by atoms with Crippen LogP contribution >= 0.6 is 0 Å². The lowest BCUT2D eigenvalue weighted by molar-refractivity contribution is -0.129. The summed E-state index contributed by atoms with van der Waals surface area (Å²) < 4.78 is 1.71. The number of aryl methyl sites for hydroxylation is 1. The highest BCUT2D eigenvalue weighted by atomic mass is 16.2. The Morgan fingerprint density at radius 1 is 1.23 bits per heavy atom. The van der Waals surface area contributed by atoms with E-state index in [2.05, 4.69) is 20.4 Å². The third-order valence-corrected chi connectivity index (χ3v) is 4.77. The third-order valence-electron chi connectivity index (χ3n) is 4.77. The van der Waals surface area contributed by atoms with E-state index in [4.69, 9.17) is 0 Å². The molecule has 2 aromatic heterocycles. The fraction of sp³-hybridized carbons (Fsp3) is 0.500. The van der Waals surface area contributed by atoms with Gasteiger partial charge in [0.15, 0.2) is 0 Å². The zero-order valence-corrected chi connectivity index (χ0v) is 15.2. The van der Waals surface area contributed by atoms with Crippen LogP contribution in [0, 0.1) is 0 Å². The molecule has 0 bridgehead atoms. The van der Waals surface area contributed by atoms with Gasteiger partial charge >= 0.3 is 0 Å². The van der Waals surface area contributed by atoms with Gasteiger partial charge in [-0.05, 0) is 19.8 Å². The Morgan fingerprint density at radius 2 is 1.96 bits per heavy atom. The van der Waals surface area contributed by atoms with Crippen LogP contribution in [0.15, 0.2) is 24.8 Å². The second-order valence-electron chi connectivity index (χ2n) is 6.44. The quantitative estimate of drug-likeness (QED) is 0.873. The molecule has 1 N–H and O–H groups in total. The highest BCUT2D eigenvalue weighted by Crippen LogP contribution is 2.28. The Morgan fingerprint density at radius 3 is 2.62 bits per heavy atom. The van der Waals surface area contributed by atoms with Crippen LogP contribution in [0.3, 0.4) is 0 Å². The van der Waals surface area contributed by atoms with E-state index in [0.29, 0.717) is 12.1 Å². The van der Waals surface area contributed by atoms with Gasteiger partial charge in [0.05, 0.1) is 29.7 Å². The maximum atomic E-state index is 12.3. The highest BCUT2D eigenvalue weighted by Gasteiger charge is 2.25. The van der Waals surface area contributed by atoms with E-state index in [0.717, 1.165) is 43.9 Å². The zero-order chi connectivity index (χ0) is 18.5. The summed E-state index contributed by atoms with van der Waals surface area (Å²) in [6.07, 6.45) is 8.34. The van der Waals surface area contributed by atoms with E-state index in [1.165, 1.54) is 0 Å². The molecule has 1 fully saturated rings. The van der Waals surface area contributed by atoms with Crippen molar-refractivity contribution in [1.29, 1.82) is 0 Å². The number of carbonyl (C=O) groups excluding carboxylic acids is 2. The molecular formula is C18H24N6O2. The number of piperidine rings is 1. The van der Waals surface area contributed by atoms with Crippen LogP contribution in [-0.2, 0) is 17.9 Å². The Kier molecular flexibility index (Phi) is 5.60. The van der Waals surface area contributed by atoms with E-state index >= 15 is 0 Å². The number of rotatable bonds is 5. The molecule has 0 spiro atoms. The smallest absolute Gasteiger partial charge is 0.254 e. The highest BCUT2D eigenvalue weighted by molar-refractivity contribution is 5.93. The molecule has 0 aliphatic carbocycles. The lowest BCUT2D eigenvalue weighted by atomic mass is 9.92. The maximum absolute atomic E-state index is 12.3. The molecule has 3 heterocycles. The first-order valence-corrected chi connectivity index (χ1v) is 8.94. The number of aromatic nitrogens is 4. The third kappa shape index (κ3) is 4.07. The predicted molar refractivity (Wildman–Crippen MR) is 95.3 cm³/mol. The van der Waals surface area contributed by atoms with Crippen molar-refractivity contribution in [2.24, 2.45) is 0 Å². The molecule has 138 valence electrons. The fourth-order valence-corrected chi connectivity index (χ4v) is 3.24. The Hall–Kier alpha value is -2.77. The molecule has 2 aromatic rings. The monoisotopic (exact) mass is 356 g/mol. The van der Waals surface area contributed by atoms with Crippen LogP contribution in [-0.4, -0.2) is 49.6 Å². The van der Waals surface area contributed by atoms with E-state index in [9.17, 15) is 9.59 Å². The Balaban J connectivity index is 1.64. The summed E-state index contributed by atoms with van der Waals surface area (Å²) in [5, 5.41) is 7.02. The summed E-state index contributed by atoms with van der Waals surface area (Å²) in [4.78, 5) is 34.6. The van der Waals surface area contributed by atoms with Gasteiger partial charge in [-0.1, -0.05) is 0 Å². The standard InChI is InChI=1S/C18H24N6O2/c1-3-24-12-15(10-22-24)18(26)21-11-16-17(20-7-6-19-16)14-4-8-23(9-5-14)13(2)25/h6-7,10,12,14H,3-5,8-9,11H2,1-2H3,(H,21,26). The second-order valence-corrected chi connectivity index (χ2v) is 6.44. The number of likely N-dealkylation sites (tertiary alicyclic amines) is 1. The van der Waals surface area contributed by atoms with Gasteiger partial charge in [0.1, 0.15) is 0 Å². The molecule has 26 heavy (non-hydrogen) atoms. The molecule has 0 aromatic carbocycles. The van der Waals surface area contributed by atoms with Crippen molar-refractivity contribution in [2.75, 3.05) is 13.1 Å². The molecular weight excluding hydrogens is 332 g/mol. The lowest BCUT2D eigenvalue weighted by Gasteiger charge is -2.31. The van der Waals surface area contributed by atoms with Gasteiger partial charge in [0, 0.05) is 51.1 Å². The van der Waals surface area contributed by atoms with Gasteiger partial charge in [-0.3, -0.25) is 24.2 Å². The fourth-order valence-electron chi connectivity index (χ4n) is 3.24. The summed E-state index contributed by atoms with van der Waals surface area (Å²) in [7, 11) is 0. The van der Waals surface area contributed by atoms with E-state index < -0.39 is 0 Å². The first-order valence-electron chi connectivity index (χ1n) is 8.94. The lowest BCUT2D eigenvalue weighted by Crippen LogP contribution is -2.37. The van der Waals surface area contributed by atoms with Gasteiger partial charge in [0.2, 0.25) is 5.91 Å². The van der Waals surface area contributed by atoms with Crippen LogP contribution < -0.4 is 5.32 Å². The average molecular weight is 356 g/mol. The van der Waals surface area contributed by atoms with Gasteiger partial charge in [-0.2, -0.15) is 5.10 Å². The van der Waals surface area contributed by atoms with Crippen molar-refractivity contribution < 1.29 is 9.59 Å². The van der Waals surface area contributed by atoms with E-state index in [1.807, 2.05) is 11.8 Å². The molecule has 1 aliphatic rings. The zero-order valence-electron chi connectivity index (χ0n) is 15.2. The number of amides is 2. The minimum absolute atomic E-state index is 0.114. The minimum atomic E-state index is -0.173. The Bertz CT molecular complexity index is 779.